The molecule has 1 atom stereocenters. The number of rotatable bonds is 5. The molecule has 0 bridgehead atoms. The Balaban J connectivity index is 2.74. The average molecular weight is 266 g/mol. The molecule has 0 radical (unpaired) electrons. The lowest BCUT2D eigenvalue weighted by Crippen LogP contribution is -2.06. The summed E-state index contributed by atoms with van der Waals surface area (Å²) in [6.07, 6.45) is 3.19. The van der Waals surface area contributed by atoms with Crippen LogP contribution in [0.5, 0.6) is 0 Å². The summed E-state index contributed by atoms with van der Waals surface area (Å²) in [5, 5.41) is 1.30. The van der Waals surface area contributed by atoms with E-state index >= 15 is 0 Å². The van der Waals surface area contributed by atoms with Crippen molar-refractivity contribution in [3.8, 4) is 0 Å². The molecule has 0 spiro atoms. The fraction of sp³-hybridized carbons (Fsp3) is 0.500. The molecular formula is C12H15Cl3. The molecule has 1 aromatic rings. The molecule has 0 aromatic heterocycles. The molecule has 0 N–H and O–H groups in total. The van der Waals surface area contributed by atoms with Crippen molar-refractivity contribution in [1.82, 2.24) is 0 Å². The van der Waals surface area contributed by atoms with Gasteiger partial charge in [-0.15, -0.1) is 11.6 Å². The smallest absolute Gasteiger partial charge is 0.0624 e. The van der Waals surface area contributed by atoms with Gasteiger partial charge in [-0.1, -0.05) is 48.7 Å². The summed E-state index contributed by atoms with van der Waals surface area (Å²) in [6.45, 7) is 2.17. The molecule has 0 fully saturated rings. The minimum Gasteiger partial charge on any atom is -0.126 e. The molecule has 0 amide bonds. The van der Waals surface area contributed by atoms with E-state index in [0.29, 0.717) is 21.8 Å². The quantitative estimate of drug-likeness (QED) is 0.643. The molecule has 0 heterocycles. The van der Waals surface area contributed by atoms with Gasteiger partial charge in [0.05, 0.1) is 10.0 Å². The Hall–Kier alpha value is 0.0900. The van der Waals surface area contributed by atoms with Crippen molar-refractivity contribution in [3.05, 3.63) is 33.8 Å². The first-order valence-corrected chi connectivity index (χ1v) is 6.47. The van der Waals surface area contributed by atoms with Gasteiger partial charge in [-0.3, -0.25) is 0 Å². The minimum atomic E-state index is 0.493. The first kappa shape index (κ1) is 13.2. The van der Waals surface area contributed by atoms with Crippen molar-refractivity contribution in [3.63, 3.8) is 0 Å². The molecule has 15 heavy (non-hydrogen) atoms. The maximum absolute atomic E-state index is 6.12. The highest BCUT2D eigenvalue weighted by atomic mass is 35.5. The van der Waals surface area contributed by atoms with Crippen LogP contribution in [-0.2, 0) is 6.42 Å². The zero-order valence-electron chi connectivity index (χ0n) is 8.77. The summed E-state index contributed by atoms with van der Waals surface area (Å²) in [7, 11) is 0. The van der Waals surface area contributed by atoms with Crippen LogP contribution in [0.4, 0.5) is 0 Å². The molecule has 0 nitrogen and oxygen atoms in total. The van der Waals surface area contributed by atoms with E-state index in [1.165, 1.54) is 0 Å². The van der Waals surface area contributed by atoms with Gasteiger partial charge in [0.15, 0.2) is 0 Å². The Kier molecular flexibility index (Phi) is 5.81. The van der Waals surface area contributed by atoms with E-state index in [9.17, 15) is 0 Å². The molecule has 0 aliphatic carbocycles. The lowest BCUT2D eigenvalue weighted by Gasteiger charge is -2.14. The monoisotopic (exact) mass is 264 g/mol. The lowest BCUT2D eigenvalue weighted by atomic mass is 9.97. The van der Waals surface area contributed by atoms with Gasteiger partial charge in [0.2, 0.25) is 0 Å². The SMILES string of the molecule is CCCC(CCl)Cc1cccc(Cl)c1Cl. The number of halogens is 3. The topological polar surface area (TPSA) is 0 Å². The molecule has 84 valence electrons. The van der Waals surface area contributed by atoms with E-state index in [1.54, 1.807) is 0 Å². The van der Waals surface area contributed by atoms with E-state index in [0.717, 1.165) is 24.8 Å². The summed E-state index contributed by atoms with van der Waals surface area (Å²) in [6, 6.07) is 5.76. The van der Waals surface area contributed by atoms with Crippen LogP contribution in [0.15, 0.2) is 18.2 Å². The zero-order valence-corrected chi connectivity index (χ0v) is 11.0. The maximum Gasteiger partial charge on any atom is 0.0624 e. The van der Waals surface area contributed by atoms with Crippen molar-refractivity contribution >= 4 is 34.8 Å². The molecule has 0 aliphatic heterocycles. The first-order chi connectivity index (χ1) is 7.19. The second-order valence-electron chi connectivity index (χ2n) is 3.73. The molecule has 0 aliphatic rings. The van der Waals surface area contributed by atoms with E-state index in [-0.39, 0.29) is 0 Å². The minimum absolute atomic E-state index is 0.493. The molecule has 1 aromatic carbocycles. The second-order valence-corrected chi connectivity index (χ2v) is 4.82. The van der Waals surface area contributed by atoms with Crippen LogP contribution in [-0.4, -0.2) is 5.88 Å². The highest BCUT2D eigenvalue weighted by Crippen LogP contribution is 2.28. The van der Waals surface area contributed by atoms with Gasteiger partial charge in [-0.25, -0.2) is 0 Å². The predicted molar refractivity (Wildman–Crippen MR) is 69.3 cm³/mol. The van der Waals surface area contributed by atoms with Crippen LogP contribution < -0.4 is 0 Å². The Morgan fingerprint density at radius 3 is 2.60 bits per heavy atom. The third-order valence-electron chi connectivity index (χ3n) is 2.46. The highest BCUT2D eigenvalue weighted by molar-refractivity contribution is 6.42. The standard InChI is InChI=1S/C12H15Cl3/c1-2-4-9(8-13)7-10-5-3-6-11(14)12(10)15/h3,5-6,9H,2,4,7-8H2,1H3. The van der Waals surface area contributed by atoms with Gasteiger partial charge in [0, 0.05) is 5.88 Å². The average Bonchev–Trinajstić information content (AvgIpc) is 2.24. The maximum atomic E-state index is 6.12. The molecule has 3 heteroatoms. The van der Waals surface area contributed by atoms with Gasteiger partial charge in [-0.05, 0) is 30.4 Å². The first-order valence-electron chi connectivity index (χ1n) is 5.17. The van der Waals surface area contributed by atoms with E-state index in [4.69, 9.17) is 34.8 Å². The van der Waals surface area contributed by atoms with E-state index < -0.39 is 0 Å². The van der Waals surface area contributed by atoms with Gasteiger partial charge in [-0.2, -0.15) is 0 Å². The van der Waals surface area contributed by atoms with E-state index in [1.807, 2.05) is 18.2 Å². The number of benzene rings is 1. The number of alkyl halides is 1. The number of hydrogen-bond acceptors (Lipinski definition) is 0. The summed E-state index contributed by atoms with van der Waals surface area (Å²) < 4.78 is 0. The lowest BCUT2D eigenvalue weighted by molar-refractivity contribution is 0.528. The van der Waals surface area contributed by atoms with Crippen LogP contribution in [0.2, 0.25) is 10.0 Å². The van der Waals surface area contributed by atoms with Crippen LogP contribution in [0, 0.1) is 5.92 Å². The van der Waals surface area contributed by atoms with Gasteiger partial charge >= 0.3 is 0 Å². The molecule has 1 unspecified atom stereocenters. The summed E-state index contributed by atoms with van der Waals surface area (Å²) >= 11 is 18.0. The van der Waals surface area contributed by atoms with Crippen molar-refractivity contribution in [1.29, 1.82) is 0 Å². The van der Waals surface area contributed by atoms with Crippen molar-refractivity contribution in [2.75, 3.05) is 5.88 Å². The summed E-state index contributed by atoms with van der Waals surface area (Å²) in [4.78, 5) is 0. The number of hydrogen-bond donors (Lipinski definition) is 0. The predicted octanol–water partition coefficient (Wildman–Crippen LogP) is 5.19. The van der Waals surface area contributed by atoms with Crippen molar-refractivity contribution in [2.24, 2.45) is 5.92 Å². The van der Waals surface area contributed by atoms with E-state index in [2.05, 4.69) is 6.92 Å². The van der Waals surface area contributed by atoms with Crippen LogP contribution >= 0.6 is 34.8 Å². The van der Waals surface area contributed by atoms with Gasteiger partial charge < -0.3 is 0 Å². The Morgan fingerprint density at radius 1 is 1.27 bits per heavy atom. The van der Waals surface area contributed by atoms with Crippen molar-refractivity contribution < 1.29 is 0 Å². The van der Waals surface area contributed by atoms with Crippen molar-refractivity contribution in [2.45, 2.75) is 26.2 Å². The largest absolute Gasteiger partial charge is 0.126 e. The Morgan fingerprint density at radius 2 is 2.00 bits per heavy atom. The molecule has 1 rings (SSSR count). The Labute approximate surface area is 107 Å². The molecule has 0 saturated heterocycles. The van der Waals surface area contributed by atoms with Crippen LogP contribution in [0.25, 0.3) is 0 Å². The summed E-state index contributed by atoms with van der Waals surface area (Å²) in [5.74, 6) is 1.17. The molecular weight excluding hydrogens is 250 g/mol. The highest BCUT2D eigenvalue weighted by Gasteiger charge is 2.11. The van der Waals surface area contributed by atoms with Gasteiger partial charge in [0.25, 0.3) is 0 Å². The second kappa shape index (κ2) is 6.62. The zero-order chi connectivity index (χ0) is 11.3. The van der Waals surface area contributed by atoms with Crippen LogP contribution in [0.1, 0.15) is 25.3 Å². The normalized spacial score (nSPS) is 12.8. The fourth-order valence-electron chi connectivity index (χ4n) is 1.66. The fourth-order valence-corrected chi connectivity index (χ4v) is 2.32. The third kappa shape index (κ3) is 3.86. The third-order valence-corrected chi connectivity index (χ3v) is 3.75. The Bertz CT molecular complexity index is 310. The van der Waals surface area contributed by atoms with Crippen LogP contribution in [0.3, 0.4) is 0 Å². The van der Waals surface area contributed by atoms with Gasteiger partial charge in [0.1, 0.15) is 0 Å². The summed E-state index contributed by atoms with van der Waals surface area (Å²) in [5.41, 5.74) is 1.10. The molecule has 0 saturated carbocycles.